The lowest BCUT2D eigenvalue weighted by atomic mass is 9.98. The Bertz CT molecular complexity index is 982. The number of aryl methyl sites for hydroxylation is 1. The molecule has 2 aromatic rings. The number of phenols is 2. The molecule has 2 aromatic carbocycles. The van der Waals surface area contributed by atoms with Crippen molar-refractivity contribution in [1.29, 1.82) is 0 Å². The molecule has 0 unspecified atom stereocenters. The van der Waals surface area contributed by atoms with Gasteiger partial charge in [-0.1, -0.05) is 58.1 Å². The molecule has 0 heterocycles. The minimum absolute atomic E-state index is 0.0308. The van der Waals surface area contributed by atoms with E-state index >= 15 is 0 Å². The molecule has 0 aliphatic rings. The van der Waals surface area contributed by atoms with Crippen molar-refractivity contribution < 1.29 is 29.2 Å². The second-order valence-corrected chi connectivity index (χ2v) is 9.11. The Kier molecular flexibility index (Phi) is 12.3. The molecule has 0 radical (unpaired) electrons. The second-order valence-electron chi connectivity index (χ2n) is 9.11. The van der Waals surface area contributed by atoms with Crippen molar-refractivity contribution in [1.82, 2.24) is 0 Å². The highest BCUT2D eigenvalue weighted by Crippen LogP contribution is 2.48. The summed E-state index contributed by atoms with van der Waals surface area (Å²) in [5.41, 5.74) is 3.52. The van der Waals surface area contributed by atoms with Crippen LogP contribution in [0.3, 0.4) is 0 Å². The Hall–Kier alpha value is -3.02. The average Bonchev–Trinajstić information content (AvgIpc) is 2.90. The molecule has 2 N–H and O–H groups in total. The van der Waals surface area contributed by atoms with E-state index < -0.39 is 0 Å². The summed E-state index contributed by atoms with van der Waals surface area (Å²) < 4.78 is 21.8. The van der Waals surface area contributed by atoms with Crippen molar-refractivity contribution >= 4 is 5.76 Å². The van der Waals surface area contributed by atoms with Crippen LogP contribution in [0.25, 0.3) is 5.76 Å². The van der Waals surface area contributed by atoms with Gasteiger partial charge in [0.2, 0.25) is 11.5 Å². The highest BCUT2D eigenvalue weighted by molar-refractivity contribution is 5.66. The Balaban J connectivity index is 1.61. The molecule has 36 heavy (non-hydrogen) atoms. The Morgan fingerprint density at radius 3 is 1.97 bits per heavy atom. The van der Waals surface area contributed by atoms with E-state index in [0.29, 0.717) is 24.4 Å². The monoisotopic (exact) mass is 500 g/mol. The summed E-state index contributed by atoms with van der Waals surface area (Å²) in [5, 5.41) is 20.9. The molecule has 0 saturated heterocycles. The molecule has 0 amide bonds. The number of unbranched alkanes of at least 4 members (excludes halogenated alkanes) is 7. The van der Waals surface area contributed by atoms with Gasteiger partial charge in [-0.15, -0.1) is 0 Å². The highest BCUT2D eigenvalue weighted by Gasteiger charge is 2.22. The van der Waals surface area contributed by atoms with Crippen LogP contribution in [0.5, 0.6) is 28.7 Å². The number of aromatic hydroxyl groups is 2. The first kappa shape index (κ1) is 29.2. The lowest BCUT2D eigenvalue weighted by molar-refractivity contribution is 0.265. The molecular weight excluding hydrogens is 456 g/mol. The summed E-state index contributed by atoms with van der Waals surface area (Å²) in [4.78, 5) is 0. The van der Waals surface area contributed by atoms with Gasteiger partial charge in [-0.2, -0.15) is 0 Å². The van der Waals surface area contributed by atoms with Gasteiger partial charge in [-0.3, -0.25) is 0 Å². The average molecular weight is 501 g/mol. The third kappa shape index (κ3) is 7.74. The zero-order valence-electron chi connectivity index (χ0n) is 22.7. The highest BCUT2D eigenvalue weighted by atomic mass is 16.5. The van der Waals surface area contributed by atoms with Gasteiger partial charge in [0.25, 0.3) is 0 Å². The predicted octanol–water partition coefficient (Wildman–Crippen LogP) is 7.35. The number of hydrogen-bond donors (Lipinski definition) is 2. The minimum Gasteiger partial charge on any atom is -0.504 e. The van der Waals surface area contributed by atoms with Crippen LogP contribution in [0.15, 0.2) is 24.8 Å². The number of benzene rings is 2. The molecule has 6 nitrogen and oxygen atoms in total. The minimum atomic E-state index is 0.0308. The van der Waals surface area contributed by atoms with Crippen molar-refractivity contribution in [2.24, 2.45) is 0 Å². The van der Waals surface area contributed by atoms with Crippen LogP contribution in [0, 0.1) is 6.92 Å². The number of rotatable bonds is 17. The molecule has 0 saturated carbocycles. The van der Waals surface area contributed by atoms with Crippen LogP contribution >= 0.6 is 0 Å². The summed E-state index contributed by atoms with van der Waals surface area (Å²) in [6, 6.07) is 6.16. The molecule has 0 atom stereocenters. The predicted molar refractivity (Wildman–Crippen MR) is 146 cm³/mol. The van der Waals surface area contributed by atoms with Gasteiger partial charge in [-0.05, 0) is 50.3 Å². The van der Waals surface area contributed by atoms with Crippen LogP contribution in [-0.2, 0) is 17.6 Å². The summed E-state index contributed by atoms with van der Waals surface area (Å²) >= 11 is 0. The third-order valence-electron chi connectivity index (χ3n) is 6.71. The molecule has 0 aromatic heterocycles. The first-order valence-electron chi connectivity index (χ1n) is 13.0. The van der Waals surface area contributed by atoms with Crippen molar-refractivity contribution in [3.8, 4) is 28.7 Å². The standard InChI is InChI=1S/C30H44O6/c1-7-23-17-18-25(26(20-23)33-4)22(3)36-19-15-13-11-9-8-10-12-14-16-24-21(2)27(31)29(34-5)30(35-6)28(24)32/h17-18,20,31-32H,3,7-16,19H2,1-2,4-6H3. The van der Waals surface area contributed by atoms with Crippen LogP contribution in [0.1, 0.15) is 80.5 Å². The van der Waals surface area contributed by atoms with E-state index in [0.717, 1.165) is 55.4 Å². The smallest absolute Gasteiger partial charge is 0.207 e. The van der Waals surface area contributed by atoms with Gasteiger partial charge in [0.1, 0.15) is 11.5 Å². The zero-order chi connectivity index (χ0) is 26.5. The largest absolute Gasteiger partial charge is 0.504 e. The third-order valence-corrected chi connectivity index (χ3v) is 6.71. The fourth-order valence-corrected chi connectivity index (χ4v) is 4.45. The zero-order valence-corrected chi connectivity index (χ0v) is 22.7. The summed E-state index contributed by atoms with van der Waals surface area (Å²) in [6.07, 6.45) is 10.6. The Labute approximate surface area is 216 Å². The van der Waals surface area contributed by atoms with Gasteiger partial charge < -0.3 is 29.2 Å². The molecule has 200 valence electrons. The van der Waals surface area contributed by atoms with Crippen molar-refractivity contribution in [3.63, 3.8) is 0 Å². The maximum Gasteiger partial charge on any atom is 0.207 e. The van der Waals surface area contributed by atoms with Gasteiger partial charge in [-0.25, -0.2) is 0 Å². The van der Waals surface area contributed by atoms with E-state index in [1.54, 1.807) is 14.0 Å². The van der Waals surface area contributed by atoms with Crippen LogP contribution in [0.2, 0.25) is 0 Å². The number of phenolic OH excluding ortho intramolecular Hbond substituents is 2. The van der Waals surface area contributed by atoms with Crippen molar-refractivity contribution in [2.45, 2.75) is 78.1 Å². The SMILES string of the molecule is C=C(OCCCCCCCCCCc1c(C)c(O)c(OC)c(OC)c1O)c1ccc(CC)cc1OC. The molecule has 0 fully saturated rings. The number of ether oxygens (including phenoxy) is 4. The normalized spacial score (nSPS) is 10.8. The van der Waals surface area contributed by atoms with E-state index in [2.05, 4.69) is 19.6 Å². The number of hydrogen-bond acceptors (Lipinski definition) is 6. The topological polar surface area (TPSA) is 77.4 Å². The lowest BCUT2D eigenvalue weighted by Crippen LogP contribution is -1.99. The first-order chi connectivity index (χ1) is 17.4. The molecular formula is C30H44O6. The maximum absolute atomic E-state index is 10.6. The molecule has 0 spiro atoms. The molecule has 2 rings (SSSR count). The number of methoxy groups -OCH3 is 3. The summed E-state index contributed by atoms with van der Waals surface area (Å²) in [7, 11) is 4.59. The van der Waals surface area contributed by atoms with E-state index in [4.69, 9.17) is 18.9 Å². The van der Waals surface area contributed by atoms with Crippen LogP contribution < -0.4 is 14.2 Å². The fourth-order valence-electron chi connectivity index (χ4n) is 4.45. The van der Waals surface area contributed by atoms with Gasteiger partial charge in [0.15, 0.2) is 11.5 Å². The molecule has 6 heteroatoms. The van der Waals surface area contributed by atoms with E-state index in [-0.39, 0.29) is 23.0 Å². The quantitative estimate of drug-likeness (QED) is 0.134. The summed E-state index contributed by atoms with van der Waals surface area (Å²) in [5.74, 6) is 1.94. The molecule has 0 aliphatic carbocycles. The maximum atomic E-state index is 10.6. The molecule has 0 aliphatic heterocycles. The molecule has 0 bridgehead atoms. The van der Waals surface area contributed by atoms with Crippen LogP contribution in [0.4, 0.5) is 0 Å². The van der Waals surface area contributed by atoms with Gasteiger partial charge >= 0.3 is 0 Å². The van der Waals surface area contributed by atoms with E-state index in [1.807, 2.05) is 12.1 Å². The van der Waals surface area contributed by atoms with Crippen LogP contribution in [-0.4, -0.2) is 38.1 Å². The van der Waals surface area contributed by atoms with Gasteiger partial charge in [0.05, 0.1) is 33.5 Å². The van der Waals surface area contributed by atoms with Gasteiger partial charge in [0, 0.05) is 11.1 Å². The fraction of sp³-hybridized carbons (Fsp3) is 0.533. The van der Waals surface area contributed by atoms with E-state index in [1.165, 1.54) is 39.0 Å². The Morgan fingerprint density at radius 1 is 0.806 bits per heavy atom. The lowest BCUT2D eigenvalue weighted by Gasteiger charge is -2.17. The van der Waals surface area contributed by atoms with Crippen molar-refractivity contribution in [2.75, 3.05) is 27.9 Å². The van der Waals surface area contributed by atoms with E-state index in [9.17, 15) is 10.2 Å². The first-order valence-corrected chi connectivity index (χ1v) is 13.0. The van der Waals surface area contributed by atoms with Crippen molar-refractivity contribution in [3.05, 3.63) is 47.0 Å². The Morgan fingerprint density at radius 2 is 1.39 bits per heavy atom. The second kappa shape index (κ2) is 15.2. The summed E-state index contributed by atoms with van der Waals surface area (Å²) in [6.45, 7) is 8.66.